The highest BCUT2D eigenvalue weighted by atomic mass is 16.5. The number of hydrogen-bond donors (Lipinski definition) is 3. The minimum absolute atomic E-state index is 0.0717. The summed E-state index contributed by atoms with van der Waals surface area (Å²) in [6.07, 6.45) is 0. The van der Waals surface area contributed by atoms with Crippen molar-refractivity contribution in [3.8, 4) is 5.75 Å². The number of ether oxygens (including phenoxy) is 1. The van der Waals surface area contributed by atoms with Crippen LogP contribution in [0.4, 0.5) is 5.69 Å². The van der Waals surface area contributed by atoms with Crippen molar-refractivity contribution in [2.75, 3.05) is 18.5 Å². The van der Waals surface area contributed by atoms with Gasteiger partial charge in [-0.05, 0) is 30.7 Å². The smallest absolute Gasteiger partial charge is 0.335 e. The maximum Gasteiger partial charge on any atom is 0.335 e. The third-order valence-corrected chi connectivity index (χ3v) is 2.16. The van der Waals surface area contributed by atoms with Gasteiger partial charge in [0, 0.05) is 0 Å². The molecule has 19 heavy (non-hydrogen) atoms. The molecule has 1 aromatic carbocycles. The van der Waals surface area contributed by atoms with Crippen LogP contribution in [-0.4, -0.2) is 30.1 Å². The van der Waals surface area contributed by atoms with Gasteiger partial charge < -0.3 is 20.9 Å². The molecule has 0 heterocycles. The van der Waals surface area contributed by atoms with Gasteiger partial charge in [-0.2, -0.15) is 0 Å². The van der Waals surface area contributed by atoms with Crippen LogP contribution in [0.5, 0.6) is 5.75 Å². The molecular weight excluding hydrogens is 248 g/mol. The number of anilines is 1. The van der Waals surface area contributed by atoms with Crippen molar-refractivity contribution in [2.45, 2.75) is 6.92 Å². The number of rotatable bonds is 6. The van der Waals surface area contributed by atoms with Gasteiger partial charge in [-0.25, -0.2) is 4.79 Å². The summed E-state index contributed by atoms with van der Waals surface area (Å²) in [5, 5.41) is 11.5. The van der Waals surface area contributed by atoms with Crippen molar-refractivity contribution in [2.24, 2.45) is 5.73 Å². The number of aromatic carboxylic acids is 1. The fourth-order valence-corrected chi connectivity index (χ4v) is 1.28. The third-order valence-electron chi connectivity index (χ3n) is 2.16. The van der Waals surface area contributed by atoms with Crippen LogP contribution in [0.3, 0.4) is 0 Å². The Morgan fingerprint density at radius 3 is 2.68 bits per heavy atom. The summed E-state index contributed by atoms with van der Waals surface area (Å²) < 4.78 is 5.42. The standard InChI is InChI=1S/C13H16N2O4/c1-8(2)7-19-11-5-9(13(17)18)3-4-10(11)15-12(16)6-14/h3-5H,1,6-7,14H2,2H3,(H,15,16)(H,17,18). The van der Waals surface area contributed by atoms with Crippen molar-refractivity contribution in [1.29, 1.82) is 0 Å². The Hall–Kier alpha value is -2.34. The summed E-state index contributed by atoms with van der Waals surface area (Å²) in [4.78, 5) is 22.2. The number of amides is 1. The first kappa shape index (κ1) is 14.7. The lowest BCUT2D eigenvalue weighted by atomic mass is 10.2. The average Bonchev–Trinajstić information content (AvgIpc) is 2.36. The van der Waals surface area contributed by atoms with Crippen molar-refractivity contribution in [1.82, 2.24) is 0 Å². The first-order chi connectivity index (χ1) is 8.93. The molecule has 6 nitrogen and oxygen atoms in total. The van der Waals surface area contributed by atoms with Crippen molar-refractivity contribution in [3.63, 3.8) is 0 Å². The molecular formula is C13H16N2O4. The normalized spacial score (nSPS) is 9.79. The van der Waals surface area contributed by atoms with Gasteiger partial charge >= 0.3 is 5.97 Å². The molecule has 6 heteroatoms. The summed E-state index contributed by atoms with van der Waals surface area (Å²) in [7, 11) is 0. The molecule has 0 saturated heterocycles. The summed E-state index contributed by atoms with van der Waals surface area (Å²) >= 11 is 0. The number of carbonyl (C=O) groups excluding carboxylic acids is 1. The minimum Gasteiger partial charge on any atom is -0.487 e. The van der Waals surface area contributed by atoms with Gasteiger partial charge in [0.15, 0.2) is 0 Å². The van der Waals surface area contributed by atoms with Gasteiger partial charge in [-0.15, -0.1) is 0 Å². The topological polar surface area (TPSA) is 102 Å². The zero-order valence-electron chi connectivity index (χ0n) is 10.6. The van der Waals surface area contributed by atoms with Crippen LogP contribution in [0.1, 0.15) is 17.3 Å². The van der Waals surface area contributed by atoms with E-state index >= 15 is 0 Å². The molecule has 0 bridgehead atoms. The van der Waals surface area contributed by atoms with E-state index in [1.807, 2.05) is 0 Å². The summed E-state index contributed by atoms with van der Waals surface area (Å²) in [5.41, 5.74) is 6.43. The van der Waals surface area contributed by atoms with E-state index in [0.717, 1.165) is 5.57 Å². The lowest BCUT2D eigenvalue weighted by molar-refractivity contribution is -0.114. The Labute approximate surface area is 110 Å². The molecule has 102 valence electrons. The molecule has 0 saturated carbocycles. The first-order valence-electron chi connectivity index (χ1n) is 5.58. The van der Waals surface area contributed by atoms with Crippen LogP contribution in [-0.2, 0) is 4.79 Å². The van der Waals surface area contributed by atoms with Gasteiger partial charge in [0.2, 0.25) is 5.91 Å². The maximum atomic E-state index is 11.3. The van der Waals surface area contributed by atoms with E-state index in [2.05, 4.69) is 11.9 Å². The lowest BCUT2D eigenvalue weighted by Crippen LogP contribution is -2.22. The second-order valence-electron chi connectivity index (χ2n) is 4.01. The van der Waals surface area contributed by atoms with Crippen LogP contribution >= 0.6 is 0 Å². The van der Waals surface area contributed by atoms with Crippen LogP contribution in [0.15, 0.2) is 30.4 Å². The van der Waals surface area contributed by atoms with Gasteiger partial charge in [-0.3, -0.25) is 4.79 Å². The van der Waals surface area contributed by atoms with Gasteiger partial charge in [0.1, 0.15) is 12.4 Å². The van der Waals surface area contributed by atoms with Gasteiger partial charge in [0.05, 0.1) is 17.8 Å². The fourth-order valence-electron chi connectivity index (χ4n) is 1.28. The average molecular weight is 264 g/mol. The molecule has 0 atom stereocenters. The van der Waals surface area contributed by atoms with Crippen molar-refractivity contribution < 1.29 is 19.4 Å². The Kier molecular flexibility index (Phi) is 5.08. The number of nitrogens with two attached hydrogens (primary N) is 1. The Balaban J connectivity index is 3.03. The molecule has 0 aromatic heterocycles. The van der Waals surface area contributed by atoms with E-state index in [1.165, 1.54) is 18.2 Å². The van der Waals surface area contributed by atoms with Crippen molar-refractivity contribution in [3.05, 3.63) is 35.9 Å². The monoisotopic (exact) mass is 264 g/mol. The Morgan fingerprint density at radius 2 is 2.16 bits per heavy atom. The van der Waals surface area contributed by atoms with E-state index in [0.29, 0.717) is 5.69 Å². The predicted molar refractivity (Wildman–Crippen MR) is 71.4 cm³/mol. The Morgan fingerprint density at radius 1 is 1.47 bits per heavy atom. The lowest BCUT2D eigenvalue weighted by Gasteiger charge is -2.13. The van der Waals surface area contributed by atoms with Crippen LogP contribution in [0.25, 0.3) is 0 Å². The van der Waals surface area contributed by atoms with E-state index in [-0.39, 0.29) is 30.4 Å². The Bertz CT molecular complexity index is 511. The molecule has 0 radical (unpaired) electrons. The molecule has 4 N–H and O–H groups in total. The largest absolute Gasteiger partial charge is 0.487 e. The number of carbonyl (C=O) groups is 2. The van der Waals surface area contributed by atoms with Gasteiger partial charge in [0.25, 0.3) is 0 Å². The molecule has 0 aliphatic rings. The first-order valence-corrected chi connectivity index (χ1v) is 5.58. The number of carboxylic acids is 1. The molecule has 1 amide bonds. The van der Waals surface area contributed by atoms with Gasteiger partial charge in [-0.1, -0.05) is 6.58 Å². The molecule has 1 aromatic rings. The second kappa shape index (κ2) is 6.55. The van der Waals surface area contributed by atoms with E-state index in [4.69, 9.17) is 15.6 Å². The molecule has 0 unspecified atom stereocenters. The summed E-state index contributed by atoms with van der Waals surface area (Å²) in [5.74, 6) is -1.19. The zero-order valence-corrected chi connectivity index (χ0v) is 10.6. The minimum atomic E-state index is -1.07. The number of carboxylic acid groups (broad SMARTS) is 1. The van der Waals surface area contributed by atoms with E-state index < -0.39 is 5.97 Å². The van der Waals surface area contributed by atoms with Crippen LogP contribution in [0.2, 0.25) is 0 Å². The molecule has 0 fully saturated rings. The molecule has 1 rings (SSSR count). The highest BCUT2D eigenvalue weighted by Crippen LogP contribution is 2.26. The number of nitrogens with one attached hydrogen (secondary N) is 1. The third kappa shape index (κ3) is 4.44. The number of hydrogen-bond acceptors (Lipinski definition) is 4. The molecule has 0 aliphatic heterocycles. The van der Waals surface area contributed by atoms with Crippen LogP contribution < -0.4 is 15.8 Å². The molecule has 0 spiro atoms. The highest BCUT2D eigenvalue weighted by molar-refractivity contribution is 5.95. The summed E-state index contributed by atoms with van der Waals surface area (Å²) in [6, 6.07) is 4.18. The van der Waals surface area contributed by atoms with Crippen molar-refractivity contribution >= 4 is 17.6 Å². The second-order valence-corrected chi connectivity index (χ2v) is 4.01. The predicted octanol–water partition coefficient (Wildman–Crippen LogP) is 1.24. The fraction of sp³-hybridized carbons (Fsp3) is 0.231. The van der Waals surface area contributed by atoms with E-state index in [1.54, 1.807) is 6.92 Å². The highest BCUT2D eigenvalue weighted by Gasteiger charge is 2.11. The number of benzene rings is 1. The zero-order chi connectivity index (χ0) is 14.4. The summed E-state index contributed by atoms with van der Waals surface area (Å²) in [6.45, 7) is 5.53. The van der Waals surface area contributed by atoms with Crippen LogP contribution in [0, 0.1) is 0 Å². The quantitative estimate of drug-likeness (QED) is 0.671. The molecule has 0 aliphatic carbocycles. The SMILES string of the molecule is C=C(C)COc1cc(C(=O)O)ccc1NC(=O)CN. The van der Waals surface area contributed by atoms with E-state index in [9.17, 15) is 9.59 Å². The maximum absolute atomic E-state index is 11.3.